The summed E-state index contributed by atoms with van der Waals surface area (Å²) < 4.78 is 0. The largest absolute Gasteiger partial charge is 0.370 e. The molecular formula is C11H26ClN3. The smallest absolute Gasteiger partial charge is 0.183 e. The fraction of sp³-hybridized carbons (Fsp3) is 0.909. The molecule has 3 nitrogen and oxygen atoms in total. The second-order valence-corrected chi connectivity index (χ2v) is 4.00. The van der Waals surface area contributed by atoms with E-state index in [4.69, 9.17) is 17.0 Å². The van der Waals surface area contributed by atoms with Gasteiger partial charge in [-0.15, -0.1) is 11.6 Å². The molecule has 0 fully saturated rings. The van der Waals surface area contributed by atoms with Crippen molar-refractivity contribution in [3.8, 4) is 0 Å². The van der Waals surface area contributed by atoms with Crippen LogP contribution in [0.4, 0.5) is 0 Å². The first-order valence-corrected chi connectivity index (χ1v) is 6.34. The summed E-state index contributed by atoms with van der Waals surface area (Å²) in [6.45, 7) is 2.26. The average molecular weight is 236 g/mol. The number of rotatable bonds is 8. The number of alkyl halides is 1. The third kappa shape index (κ3) is 31.7. The fourth-order valence-corrected chi connectivity index (χ4v) is 1.42. The Kier molecular flexibility index (Phi) is 18.1. The van der Waals surface area contributed by atoms with E-state index < -0.39 is 0 Å². The number of hydrogen-bond donors (Lipinski definition) is 3. The Morgan fingerprint density at radius 1 is 0.933 bits per heavy atom. The first-order valence-electron chi connectivity index (χ1n) is 5.80. The molecule has 0 atom stereocenters. The molecule has 0 aliphatic heterocycles. The van der Waals surface area contributed by atoms with Crippen LogP contribution in [-0.2, 0) is 0 Å². The molecule has 0 spiro atoms. The van der Waals surface area contributed by atoms with Gasteiger partial charge in [0.25, 0.3) is 0 Å². The molecular weight excluding hydrogens is 210 g/mol. The zero-order valence-corrected chi connectivity index (χ0v) is 10.7. The van der Waals surface area contributed by atoms with E-state index in [1.807, 2.05) is 0 Å². The summed E-state index contributed by atoms with van der Waals surface area (Å²) in [6.07, 6.45) is 10.9. The summed E-state index contributed by atoms with van der Waals surface area (Å²) in [5.74, 6) is 0.509. The zero-order valence-electron chi connectivity index (χ0n) is 9.90. The van der Waals surface area contributed by atoms with Crippen LogP contribution in [0.5, 0.6) is 0 Å². The van der Waals surface area contributed by atoms with E-state index in [0.29, 0.717) is 0 Å². The summed E-state index contributed by atoms with van der Waals surface area (Å²) in [7, 11) is 0. The number of guanidine groups is 1. The highest BCUT2D eigenvalue weighted by Gasteiger charge is 1.89. The maximum absolute atomic E-state index is 6.06. The van der Waals surface area contributed by atoms with Crippen molar-refractivity contribution in [2.45, 2.75) is 58.3 Å². The maximum atomic E-state index is 6.06. The number of nitrogens with two attached hydrogens (primary N) is 2. The average Bonchev–Trinajstić information content (AvgIpc) is 2.16. The Morgan fingerprint density at radius 2 is 1.27 bits per heavy atom. The minimum atomic E-state index is -0.333. The maximum Gasteiger partial charge on any atom is 0.183 e. The highest BCUT2D eigenvalue weighted by atomic mass is 35.5. The van der Waals surface area contributed by atoms with Crippen molar-refractivity contribution in [3.63, 3.8) is 0 Å². The van der Waals surface area contributed by atoms with E-state index in [1.54, 1.807) is 0 Å². The van der Waals surface area contributed by atoms with Gasteiger partial charge in [0, 0.05) is 5.88 Å². The molecule has 0 aliphatic rings. The molecule has 0 bridgehead atoms. The second-order valence-electron chi connectivity index (χ2n) is 3.62. The molecule has 0 rings (SSSR count). The topological polar surface area (TPSA) is 75.9 Å². The second kappa shape index (κ2) is 16.0. The van der Waals surface area contributed by atoms with Crippen molar-refractivity contribution in [1.29, 1.82) is 5.41 Å². The van der Waals surface area contributed by atoms with Crippen LogP contribution in [0.3, 0.4) is 0 Å². The van der Waals surface area contributed by atoms with Crippen molar-refractivity contribution in [1.82, 2.24) is 0 Å². The minimum absolute atomic E-state index is 0.333. The van der Waals surface area contributed by atoms with E-state index >= 15 is 0 Å². The Morgan fingerprint density at radius 3 is 1.60 bits per heavy atom. The normalized spacial score (nSPS) is 9.20. The van der Waals surface area contributed by atoms with Crippen molar-refractivity contribution in [3.05, 3.63) is 0 Å². The third-order valence-corrected chi connectivity index (χ3v) is 2.25. The summed E-state index contributed by atoms with van der Waals surface area (Å²) in [6, 6.07) is 0. The van der Waals surface area contributed by atoms with Gasteiger partial charge in [-0.1, -0.05) is 51.9 Å². The van der Waals surface area contributed by atoms with Crippen LogP contribution >= 0.6 is 11.6 Å². The quantitative estimate of drug-likeness (QED) is 0.262. The predicted octanol–water partition coefficient (Wildman–Crippen LogP) is 3.20. The number of nitrogens with one attached hydrogen (secondary N) is 1. The highest BCUT2D eigenvalue weighted by molar-refractivity contribution is 6.17. The van der Waals surface area contributed by atoms with E-state index in [0.717, 1.165) is 5.88 Å². The third-order valence-electron chi connectivity index (χ3n) is 1.99. The molecule has 0 heterocycles. The molecule has 0 aliphatic carbocycles. The van der Waals surface area contributed by atoms with Crippen LogP contribution in [0.15, 0.2) is 0 Å². The fourth-order valence-electron chi connectivity index (χ4n) is 1.23. The van der Waals surface area contributed by atoms with Gasteiger partial charge in [0.05, 0.1) is 0 Å². The Balaban J connectivity index is 0. The summed E-state index contributed by atoms with van der Waals surface area (Å²) >= 11 is 5.56. The van der Waals surface area contributed by atoms with Crippen LogP contribution in [0.25, 0.3) is 0 Å². The van der Waals surface area contributed by atoms with Gasteiger partial charge in [-0.05, 0) is 6.42 Å². The lowest BCUT2D eigenvalue weighted by molar-refractivity contribution is 0.586. The van der Waals surface area contributed by atoms with Crippen LogP contribution in [0, 0.1) is 5.41 Å². The first-order chi connectivity index (χ1) is 7.15. The summed E-state index contributed by atoms with van der Waals surface area (Å²) in [5, 5.41) is 6.06. The van der Waals surface area contributed by atoms with Gasteiger partial charge in [-0.2, -0.15) is 0 Å². The lowest BCUT2D eigenvalue weighted by atomic mass is 10.1. The number of unbranched alkanes of at least 4 members (excludes halogenated alkanes) is 7. The molecule has 15 heavy (non-hydrogen) atoms. The Labute approximate surface area is 99.1 Å². The molecule has 5 N–H and O–H groups in total. The van der Waals surface area contributed by atoms with Gasteiger partial charge in [0.15, 0.2) is 5.96 Å². The van der Waals surface area contributed by atoms with Crippen LogP contribution in [0.2, 0.25) is 0 Å². The minimum Gasteiger partial charge on any atom is -0.370 e. The van der Waals surface area contributed by atoms with Crippen molar-refractivity contribution in [2.24, 2.45) is 11.5 Å². The highest BCUT2D eigenvalue weighted by Crippen LogP contribution is 2.08. The molecule has 0 radical (unpaired) electrons. The van der Waals surface area contributed by atoms with Gasteiger partial charge in [-0.3, -0.25) is 5.41 Å². The van der Waals surface area contributed by atoms with Gasteiger partial charge in [0.1, 0.15) is 0 Å². The van der Waals surface area contributed by atoms with Gasteiger partial charge in [-0.25, -0.2) is 0 Å². The summed E-state index contributed by atoms with van der Waals surface area (Å²) in [4.78, 5) is 0. The number of halogens is 1. The monoisotopic (exact) mass is 235 g/mol. The lowest BCUT2D eigenvalue weighted by Gasteiger charge is -1.98. The van der Waals surface area contributed by atoms with Crippen LogP contribution in [0.1, 0.15) is 58.3 Å². The van der Waals surface area contributed by atoms with Crippen LogP contribution < -0.4 is 11.5 Å². The van der Waals surface area contributed by atoms with E-state index in [-0.39, 0.29) is 5.96 Å². The SMILES string of the molecule is CCCCCCCCCCCl.N=C(N)N. The molecule has 92 valence electrons. The molecule has 0 aromatic rings. The van der Waals surface area contributed by atoms with Gasteiger partial charge >= 0.3 is 0 Å². The van der Waals surface area contributed by atoms with Crippen molar-refractivity contribution >= 4 is 17.6 Å². The van der Waals surface area contributed by atoms with E-state index in [2.05, 4.69) is 18.4 Å². The predicted molar refractivity (Wildman–Crippen MR) is 69.4 cm³/mol. The number of hydrogen-bond acceptors (Lipinski definition) is 1. The van der Waals surface area contributed by atoms with Gasteiger partial charge in [0.2, 0.25) is 0 Å². The Bertz CT molecular complexity index is 117. The molecule has 0 amide bonds. The Hall–Kier alpha value is -0.440. The lowest BCUT2D eigenvalue weighted by Crippen LogP contribution is -2.20. The van der Waals surface area contributed by atoms with Crippen molar-refractivity contribution < 1.29 is 0 Å². The van der Waals surface area contributed by atoms with Crippen LogP contribution in [-0.4, -0.2) is 11.8 Å². The molecule has 0 saturated heterocycles. The molecule has 0 aromatic heterocycles. The molecule has 0 aromatic carbocycles. The molecule has 0 saturated carbocycles. The molecule has 4 heteroatoms. The van der Waals surface area contributed by atoms with Gasteiger partial charge < -0.3 is 11.5 Å². The molecule has 0 unspecified atom stereocenters. The first kappa shape index (κ1) is 17.0. The van der Waals surface area contributed by atoms with Crippen molar-refractivity contribution in [2.75, 3.05) is 5.88 Å². The van der Waals surface area contributed by atoms with E-state index in [1.165, 1.54) is 51.4 Å². The zero-order chi connectivity index (χ0) is 11.9. The summed E-state index contributed by atoms with van der Waals surface area (Å²) in [5.41, 5.74) is 8.94. The standard InChI is InChI=1S/C10H21Cl.CH5N3/c1-2-3-4-5-6-7-8-9-10-11;2-1(3)4/h2-10H2,1H3;(H5,2,3,4). The van der Waals surface area contributed by atoms with E-state index in [9.17, 15) is 0 Å².